The minimum Gasteiger partial charge on any atom is -0.491 e. The quantitative estimate of drug-likeness (QED) is 0.508. The largest absolute Gasteiger partial charge is 0.491 e. The fourth-order valence-corrected chi connectivity index (χ4v) is 3.50. The van der Waals surface area contributed by atoms with Crippen LogP contribution in [-0.2, 0) is 9.53 Å². The van der Waals surface area contributed by atoms with Gasteiger partial charge in [0.05, 0.1) is 30.7 Å². The minimum absolute atomic E-state index is 0.0111. The van der Waals surface area contributed by atoms with E-state index in [0.717, 1.165) is 12.8 Å². The lowest BCUT2D eigenvalue weighted by molar-refractivity contribution is -0.146. The molecule has 1 aliphatic heterocycles. The summed E-state index contributed by atoms with van der Waals surface area (Å²) in [4.78, 5) is 27.0. The fourth-order valence-electron chi connectivity index (χ4n) is 3.50. The number of benzene rings is 1. The van der Waals surface area contributed by atoms with Crippen molar-refractivity contribution >= 4 is 23.1 Å². The summed E-state index contributed by atoms with van der Waals surface area (Å²) in [6, 6.07) is -0.568. The number of hydrogen-bond donors (Lipinski definition) is 1. The molecule has 1 fully saturated rings. The molecule has 2 atom stereocenters. The monoisotopic (exact) mass is 354 g/mol. The molecule has 1 aromatic rings. The number of esters is 1. The number of Topliss-reactive ketones (excluding diaryl/α,β-unsaturated/α-hetero) is 1. The zero-order valence-corrected chi connectivity index (χ0v) is 14.3. The third-order valence-corrected chi connectivity index (χ3v) is 4.74. The van der Waals surface area contributed by atoms with Crippen molar-refractivity contribution in [3.05, 3.63) is 17.2 Å². The summed E-state index contributed by atoms with van der Waals surface area (Å²) in [5, 5.41) is 0. The molecule has 0 spiro atoms. The van der Waals surface area contributed by atoms with E-state index in [-0.39, 0.29) is 29.6 Å². The van der Waals surface area contributed by atoms with E-state index in [0.29, 0.717) is 0 Å². The first-order chi connectivity index (χ1) is 11.8. The van der Waals surface area contributed by atoms with Crippen LogP contribution in [0.5, 0.6) is 5.75 Å². The summed E-state index contributed by atoms with van der Waals surface area (Å²) in [6.45, 7) is 3.44. The van der Waals surface area contributed by atoms with Gasteiger partial charge in [-0.25, -0.2) is 4.39 Å². The number of anilines is 2. The Balaban J connectivity index is 2.26. The standard InChI is InChI=1S/C17H20F2N2O4/c1-4-25-17(23)9-7(2)21(8-5-6-8)14-10(15(9)22)13(20)11(18)12(19)16(14)24-3/h7-9H,4-6,20H2,1-3H3. The van der Waals surface area contributed by atoms with Crippen LogP contribution in [0.4, 0.5) is 20.2 Å². The molecule has 3 rings (SSSR count). The van der Waals surface area contributed by atoms with Crippen LogP contribution in [0.2, 0.25) is 0 Å². The summed E-state index contributed by atoms with van der Waals surface area (Å²) < 4.78 is 38.6. The number of nitrogens with two attached hydrogens (primary N) is 1. The lowest BCUT2D eigenvalue weighted by atomic mass is 9.83. The van der Waals surface area contributed by atoms with Crippen molar-refractivity contribution in [3.63, 3.8) is 0 Å². The Morgan fingerprint density at radius 1 is 1.32 bits per heavy atom. The van der Waals surface area contributed by atoms with Crippen LogP contribution >= 0.6 is 0 Å². The number of carbonyl (C=O) groups is 2. The maximum atomic E-state index is 14.3. The maximum absolute atomic E-state index is 14.3. The van der Waals surface area contributed by atoms with Crippen LogP contribution in [0.25, 0.3) is 0 Å². The number of hydrogen-bond acceptors (Lipinski definition) is 6. The van der Waals surface area contributed by atoms with Crippen LogP contribution < -0.4 is 15.4 Å². The number of methoxy groups -OCH3 is 1. The van der Waals surface area contributed by atoms with Crippen molar-refractivity contribution in [1.29, 1.82) is 0 Å². The van der Waals surface area contributed by atoms with E-state index < -0.39 is 41.0 Å². The summed E-state index contributed by atoms with van der Waals surface area (Å²) in [5.41, 5.74) is 5.02. The molecule has 0 saturated heterocycles. The molecule has 1 aliphatic carbocycles. The molecular formula is C17H20F2N2O4. The Labute approximate surface area is 143 Å². The normalized spacial score (nSPS) is 22.6. The molecule has 1 saturated carbocycles. The summed E-state index contributed by atoms with van der Waals surface area (Å²) in [5.74, 6) is -5.47. The summed E-state index contributed by atoms with van der Waals surface area (Å²) >= 11 is 0. The lowest BCUT2D eigenvalue weighted by Crippen LogP contribution is -2.51. The molecule has 0 amide bonds. The molecular weight excluding hydrogens is 334 g/mol. The molecule has 0 aromatic heterocycles. The van der Waals surface area contributed by atoms with Gasteiger partial charge in [0.25, 0.3) is 0 Å². The van der Waals surface area contributed by atoms with Crippen molar-refractivity contribution in [1.82, 2.24) is 0 Å². The second-order valence-electron chi connectivity index (χ2n) is 6.27. The highest BCUT2D eigenvalue weighted by atomic mass is 19.2. The van der Waals surface area contributed by atoms with Gasteiger partial charge in [-0.05, 0) is 26.7 Å². The number of nitrogen functional groups attached to an aromatic ring is 1. The van der Waals surface area contributed by atoms with Crippen molar-refractivity contribution < 1.29 is 27.8 Å². The van der Waals surface area contributed by atoms with Crippen molar-refractivity contribution in [2.24, 2.45) is 5.92 Å². The first-order valence-corrected chi connectivity index (χ1v) is 8.18. The van der Waals surface area contributed by atoms with Crippen molar-refractivity contribution in [2.75, 3.05) is 24.4 Å². The van der Waals surface area contributed by atoms with E-state index in [9.17, 15) is 18.4 Å². The maximum Gasteiger partial charge on any atom is 0.318 e. The van der Waals surface area contributed by atoms with E-state index in [1.807, 2.05) is 0 Å². The van der Waals surface area contributed by atoms with Gasteiger partial charge in [0, 0.05) is 12.1 Å². The summed E-state index contributed by atoms with van der Waals surface area (Å²) in [7, 11) is 1.20. The predicted octanol–water partition coefficient (Wildman–Crippen LogP) is 2.29. The van der Waals surface area contributed by atoms with Gasteiger partial charge < -0.3 is 20.1 Å². The smallest absolute Gasteiger partial charge is 0.318 e. The number of nitrogens with zero attached hydrogens (tertiary/aromatic N) is 1. The van der Waals surface area contributed by atoms with Gasteiger partial charge in [0.15, 0.2) is 17.3 Å². The third-order valence-electron chi connectivity index (χ3n) is 4.74. The Morgan fingerprint density at radius 2 is 1.96 bits per heavy atom. The Kier molecular flexibility index (Phi) is 4.30. The summed E-state index contributed by atoms with van der Waals surface area (Å²) in [6.07, 6.45) is 1.63. The first kappa shape index (κ1) is 17.4. The number of halogens is 2. The minimum atomic E-state index is -1.35. The van der Waals surface area contributed by atoms with E-state index in [4.69, 9.17) is 15.2 Å². The van der Waals surface area contributed by atoms with Crippen LogP contribution in [-0.4, -0.2) is 37.6 Å². The molecule has 2 N–H and O–H groups in total. The molecule has 6 nitrogen and oxygen atoms in total. The van der Waals surface area contributed by atoms with E-state index in [1.54, 1.807) is 18.7 Å². The van der Waals surface area contributed by atoms with Crippen LogP contribution in [0, 0.1) is 17.6 Å². The highest BCUT2D eigenvalue weighted by Crippen LogP contribution is 2.50. The van der Waals surface area contributed by atoms with Crippen LogP contribution in [0.15, 0.2) is 0 Å². The second kappa shape index (κ2) is 6.16. The number of fused-ring (bicyclic) bond motifs is 1. The molecule has 8 heteroatoms. The Bertz CT molecular complexity index is 749. The lowest BCUT2D eigenvalue weighted by Gasteiger charge is -2.41. The molecule has 1 aromatic carbocycles. The first-order valence-electron chi connectivity index (χ1n) is 8.18. The highest BCUT2D eigenvalue weighted by molar-refractivity contribution is 6.17. The molecule has 0 radical (unpaired) electrons. The third kappa shape index (κ3) is 2.51. The second-order valence-corrected chi connectivity index (χ2v) is 6.27. The number of ketones is 1. The van der Waals surface area contributed by atoms with Crippen LogP contribution in [0.1, 0.15) is 37.0 Å². The Morgan fingerprint density at radius 3 is 2.48 bits per heavy atom. The molecule has 1 heterocycles. The average molecular weight is 354 g/mol. The zero-order chi connectivity index (χ0) is 18.5. The van der Waals surface area contributed by atoms with Gasteiger partial charge in [-0.15, -0.1) is 0 Å². The average Bonchev–Trinajstić information content (AvgIpc) is 3.38. The van der Waals surface area contributed by atoms with Crippen molar-refractivity contribution in [3.8, 4) is 5.75 Å². The van der Waals surface area contributed by atoms with Crippen molar-refractivity contribution in [2.45, 2.75) is 38.8 Å². The van der Waals surface area contributed by atoms with Gasteiger partial charge in [0.1, 0.15) is 5.92 Å². The van der Waals surface area contributed by atoms with E-state index >= 15 is 0 Å². The number of ether oxygens (including phenoxy) is 2. The van der Waals surface area contributed by atoms with Gasteiger partial charge in [-0.3, -0.25) is 9.59 Å². The molecule has 2 unspecified atom stereocenters. The van der Waals surface area contributed by atoms with Gasteiger partial charge >= 0.3 is 5.97 Å². The molecule has 2 aliphatic rings. The number of rotatable bonds is 4. The SMILES string of the molecule is CCOC(=O)C1C(=O)c2c(N)c(F)c(F)c(OC)c2N(C2CC2)C1C. The Hall–Kier alpha value is -2.38. The van der Waals surface area contributed by atoms with Gasteiger partial charge in [-0.2, -0.15) is 4.39 Å². The fraction of sp³-hybridized carbons (Fsp3) is 0.529. The van der Waals surface area contributed by atoms with Gasteiger partial charge in [-0.1, -0.05) is 0 Å². The molecule has 136 valence electrons. The topological polar surface area (TPSA) is 81.9 Å². The number of carbonyl (C=O) groups excluding carboxylic acids is 2. The van der Waals surface area contributed by atoms with Gasteiger partial charge in [0.2, 0.25) is 5.82 Å². The molecule has 25 heavy (non-hydrogen) atoms. The highest BCUT2D eigenvalue weighted by Gasteiger charge is 2.50. The molecule has 0 bridgehead atoms. The zero-order valence-electron chi connectivity index (χ0n) is 14.3. The van der Waals surface area contributed by atoms with E-state index in [2.05, 4.69) is 0 Å². The van der Waals surface area contributed by atoms with E-state index in [1.165, 1.54) is 7.11 Å². The van der Waals surface area contributed by atoms with Crippen LogP contribution in [0.3, 0.4) is 0 Å². The predicted molar refractivity (Wildman–Crippen MR) is 86.7 cm³/mol.